The van der Waals surface area contributed by atoms with E-state index in [0.717, 1.165) is 11.8 Å². The smallest absolute Gasteiger partial charge is 0.351 e. The van der Waals surface area contributed by atoms with Crippen LogP contribution in [0.15, 0.2) is 39.8 Å². The number of nitrogens with zero attached hydrogens (tertiary/aromatic N) is 1. The Labute approximate surface area is 138 Å². The average Bonchev–Trinajstić information content (AvgIpc) is 2.47. The van der Waals surface area contributed by atoms with E-state index in [2.05, 4.69) is 4.72 Å². The summed E-state index contributed by atoms with van der Waals surface area (Å²) in [5, 5.41) is 9.35. The summed E-state index contributed by atoms with van der Waals surface area (Å²) < 4.78 is 31.4. The maximum absolute atomic E-state index is 12.3. The maximum atomic E-state index is 12.3. The number of hydrogen-bond acceptors (Lipinski definition) is 6. The Morgan fingerprint density at radius 1 is 1.41 bits per heavy atom. The zero-order valence-corrected chi connectivity index (χ0v) is 14.2. The van der Waals surface area contributed by atoms with Crippen LogP contribution < -0.4 is 4.72 Å². The summed E-state index contributed by atoms with van der Waals surface area (Å²) in [4.78, 5) is 11.6. The van der Waals surface area contributed by atoms with Gasteiger partial charge in [0.15, 0.2) is 5.57 Å². The minimum absolute atomic E-state index is 0.0374. The second kappa shape index (κ2) is 8.08. The van der Waals surface area contributed by atoms with Gasteiger partial charge in [-0.15, -0.1) is 11.8 Å². The van der Waals surface area contributed by atoms with Crippen molar-refractivity contribution in [2.45, 2.75) is 11.8 Å². The second-order valence-corrected chi connectivity index (χ2v) is 6.74. The fourth-order valence-corrected chi connectivity index (χ4v) is 3.46. The van der Waals surface area contributed by atoms with Gasteiger partial charge in [-0.05, 0) is 37.4 Å². The summed E-state index contributed by atoms with van der Waals surface area (Å²) >= 11 is 6.63. The molecule has 0 heterocycles. The van der Waals surface area contributed by atoms with E-state index in [1.54, 1.807) is 13.0 Å². The van der Waals surface area contributed by atoms with Crippen molar-refractivity contribution in [3.8, 4) is 6.07 Å². The van der Waals surface area contributed by atoms with Crippen molar-refractivity contribution in [1.29, 1.82) is 5.26 Å². The van der Waals surface area contributed by atoms with Crippen LogP contribution in [0.2, 0.25) is 5.02 Å². The number of nitriles is 1. The molecule has 0 spiro atoms. The molecule has 118 valence electrons. The molecular formula is C13H13ClN2O4S2. The molecule has 1 N–H and O–H groups in total. The fraction of sp³-hybridized carbons (Fsp3) is 0.231. The van der Waals surface area contributed by atoms with Crippen molar-refractivity contribution >= 4 is 39.4 Å². The van der Waals surface area contributed by atoms with E-state index >= 15 is 0 Å². The van der Waals surface area contributed by atoms with Gasteiger partial charge in [0, 0.05) is 5.02 Å². The lowest BCUT2D eigenvalue weighted by Crippen LogP contribution is -2.24. The Kier molecular flexibility index (Phi) is 6.74. The molecule has 0 bridgehead atoms. The standard InChI is InChI=1S/C13H13ClN2O4S2/c1-3-20-13(17)11(8-15)12(21-2)16-22(18,19)10-6-4-9(14)5-7-10/h4-7,16H,3H2,1-2H3. The number of ether oxygens (including phenoxy) is 1. The van der Waals surface area contributed by atoms with Gasteiger partial charge in [0.05, 0.1) is 11.5 Å². The first-order chi connectivity index (χ1) is 10.4. The number of carbonyl (C=O) groups excluding carboxylic acids is 1. The van der Waals surface area contributed by atoms with Crippen molar-refractivity contribution in [3.63, 3.8) is 0 Å². The summed E-state index contributed by atoms with van der Waals surface area (Å²) in [5.74, 6) is -0.881. The Morgan fingerprint density at radius 2 is 2.00 bits per heavy atom. The molecule has 1 aromatic rings. The van der Waals surface area contributed by atoms with Crippen LogP contribution in [0.4, 0.5) is 0 Å². The third-order valence-corrected chi connectivity index (χ3v) is 4.83. The SMILES string of the molecule is CCOC(=O)C(C#N)=C(NS(=O)(=O)c1ccc(Cl)cc1)SC. The van der Waals surface area contributed by atoms with Gasteiger partial charge in [0.2, 0.25) is 0 Å². The van der Waals surface area contributed by atoms with Crippen molar-refractivity contribution in [3.05, 3.63) is 39.9 Å². The molecule has 1 aromatic carbocycles. The van der Waals surface area contributed by atoms with E-state index in [9.17, 15) is 13.2 Å². The zero-order chi connectivity index (χ0) is 16.8. The van der Waals surface area contributed by atoms with E-state index in [4.69, 9.17) is 21.6 Å². The van der Waals surface area contributed by atoms with E-state index in [-0.39, 0.29) is 16.5 Å². The number of carbonyl (C=O) groups is 1. The lowest BCUT2D eigenvalue weighted by molar-refractivity contribution is -0.138. The molecule has 0 aliphatic rings. The summed E-state index contributed by atoms with van der Waals surface area (Å²) in [6, 6.07) is 7.15. The highest BCUT2D eigenvalue weighted by Crippen LogP contribution is 2.20. The monoisotopic (exact) mass is 360 g/mol. The molecule has 0 atom stereocenters. The molecule has 0 radical (unpaired) electrons. The van der Waals surface area contributed by atoms with E-state index in [1.165, 1.54) is 30.5 Å². The minimum atomic E-state index is -3.94. The van der Waals surface area contributed by atoms with Crippen molar-refractivity contribution in [2.24, 2.45) is 0 Å². The number of nitrogens with one attached hydrogen (secondary N) is 1. The lowest BCUT2D eigenvalue weighted by Gasteiger charge is -2.11. The normalized spacial score (nSPS) is 12.1. The molecule has 1 rings (SSSR count). The lowest BCUT2D eigenvalue weighted by atomic mass is 10.3. The van der Waals surface area contributed by atoms with Gasteiger partial charge in [-0.1, -0.05) is 11.6 Å². The molecule has 9 heteroatoms. The first kappa shape index (κ1) is 18.4. The van der Waals surface area contributed by atoms with Crippen LogP contribution in [0.3, 0.4) is 0 Å². The van der Waals surface area contributed by atoms with Crippen molar-refractivity contribution in [2.75, 3.05) is 12.9 Å². The molecule has 22 heavy (non-hydrogen) atoms. The number of hydrogen-bond donors (Lipinski definition) is 1. The van der Waals surface area contributed by atoms with Crippen LogP contribution in [0, 0.1) is 11.3 Å². The quantitative estimate of drug-likeness (QED) is 0.475. The molecule has 0 saturated carbocycles. The molecule has 0 saturated heterocycles. The van der Waals surface area contributed by atoms with Crippen LogP contribution >= 0.6 is 23.4 Å². The Balaban J connectivity index is 3.19. The number of thioether (sulfide) groups is 1. The molecule has 6 nitrogen and oxygen atoms in total. The molecule has 0 aromatic heterocycles. The van der Waals surface area contributed by atoms with Crippen LogP contribution in [-0.4, -0.2) is 27.2 Å². The second-order valence-electron chi connectivity index (χ2n) is 3.80. The van der Waals surface area contributed by atoms with E-state index < -0.39 is 21.6 Å². The number of esters is 1. The first-order valence-electron chi connectivity index (χ1n) is 5.99. The largest absolute Gasteiger partial charge is 0.462 e. The molecule has 0 amide bonds. The highest BCUT2D eigenvalue weighted by molar-refractivity contribution is 8.03. The van der Waals surface area contributed by atoms with Gasteiger partial charge >= 0.3 is 5.97 Å². The minimum Gasteiger partial charge on any atom is -0.462 e. The summed E-state index contributed by atoms with van der Waals surface area (Å²) in [7, 11) is -3.94. The van der Waals surface area contributed by atoms with Gasteiger partial charge in [-0.3, -0.25) is 4.72 Å². The van der Waals surface area contributed by atoms with Crippen LogP contribution in [0.1, 0.15) is 6.92 Å². The maximum Gasteiger partial charge on any atom is 0.351 e. The molecule has 0 aliphatic carbocycles. The van der Waals surface area contributed by atoms with Gasteiger partial charge in [-0.25, -0.2) is 13.2 Å². The van der Waals surface area contributed by atoms with E-state index in [0.29, 0.717) is 5.02 Å². The highest BCUT2D eigenvalue weighted by Gasteiger charge is 2.22. The zero-order valence-electron chi connectivity index (χ0n) is 11.8. The van der Waals surface area contributed by atoms with Gasteiger partial charge in [0.25, 0.3) is 10.0 Å². The third kappa shape index (κ3) is 4.66. The number of benzene rings is 1. The highest BCUT2D eigenvalue weighted by atomic mass is 35.5. The predicted molar refractivity (Wildman–Crippen MR) is 84.6 cm³/mol. The first-order valence-corrected chi connectivity index (χ1v) is 9.08. The Hall–Kier alpha value is -1.69. The van der Waals surface area contributed by atoms with Gasteiger partial charge < -0.3 is 4.74 Å². The van der Waals surface area contributed by atoms with E-state index in [1.807, 2.05) is 0 Å². The molecular weight excluding hydrogens is 348 g/mol. The van der Waals surface area contributed by atoms with Gasteiger partial charge in [-0.2, -0.15) is 5.26 Å². The molecule has 0 fully saturated rings. The van der Waals surface area contributed by atoms with Crippen molar-refractivity contribution in [1.82, 2.24) is 4.72 Å². The van der Waals surface area contributed by atoms with Crippen LogP contribution in [0.5, 0.6) is 0 Å². The Bertz CT molecular complexity index is 721. The average molecular weight is 361 g/mol. The predicted octanol–water partition coefficient (Wildman–Crippen LogP) is 2.28. The third-order valence-electron chi connectivity index (χ3n) is 2.37. The number of sulfonamides is 1. The van der Waals surface area contributed by atoms with Gasteiger partial charge in [0.1, 0.15) is 11.1 Å². The van der Waals surface area contributed by atoms with Crippen molar-refractivity contribution < 1.29 is 17.9 Å². The summed E-state index contributed by atoms with van der Waals surface area (Å²) in [6.45, 7) is 1.67. The topological polar surface area (TPSA) is 96.3 Å². The Morgan fingerprint density at radius 3 is 2.45 bits per heavy atom. The van der Waals surface area contributed by atoms with Crippen LogP contribution in [-0.2, 0) is 19.6 Å². The number of halogens is 1. The fourth-order valence-electron chi connectivity index (χ4n) is 1.38. The summed E-state index contributed by atoms with van der Waals surface area (Å²) in [6.07, 6.45) is 1.54. The molecule has 0 aliphatic heterocycles. The molecule has 0 unspecified atom stereocenters. The number of rotatable bonds is 6. The van der Waals surface area contributed by atoms with Crippen LogP contribution in [0.25, 0.3) is 0 Å². The summed E-state index contributed by atoms with van der Waals surface area (Å²) in [5.41, 5.74) is -0.396.